The number of benzene rings is 1. The predicted molar refractivity (Wildman–Crippen MR) is 98.7 cm³/mol. The summed E-state index contributed by atoms with van der Waals surface area (Å²) < 4.78 is 15.8. The summed E-state index contributed by atoms with van der Waals surface area (Å²) in [6.45, 7) is 5.04. The van der Waals surface area contributed by atoms with E-state index in [1.54, 1.807) is 4.90 Å². The van der Waals surface area contributed by atoms with Crippen LogP contribution in [0.4, 0.5) is 22.1 Å². The molecule has 2 aliphatic rings. The van der Waals surface area contributed by atoms with Gasteiger partial charge in [-0.05, 0) is 19.1 Å². The standard InChI is InChI=1S/C18H21N5O4/c1-2-25-18(24)23-7-5-22(6-8-23)17-10-16(19-11-20-17)21-13-3-4-14-15(9-13)27-12-26-14/h3-4,9-11H,2,5-8,12H2,1H3,(H,19,20,21). The van der Waals surface area contributed by atoms with Crippen molar-refractivity contribution in [3.05, 3.63) is 30.6 Å². The number of nitrogens with one attached hydrogen (secondary N) is 1. The third kappa shape index (κ3) is 3.81. The lowest BCUT2D eigenvalue weighted by atomic mass is 10.2. The monoisotopic (exact) mass is 371 g/mol. The van der Waals surface area contributed by atoms with Gasteiger partial charge in [0.15, 0.2) is 11.5 Å². The van der Waals surface area contributed by atoms with Crippen molar-refractivity contribution in [2.75, 3.05) is 49.8 Å². The lowest BCUT2D eigenvalue weighted by molar-refractivity contribution is 0.105. The van der Waals surface area contributed by atoms with Gasteiger partial charge >= 0.3 is 6.09 Å². The molecule has 9 nitrogen and oxygen atoms in total. The number of rotatable bonds is 4. The molecule has 1 fully saturated rings. The Bertz CT molecular complexity index is 823. The predicted octanol–water partition coefficient (Wildman–Crippen LogP) is 2.23. The summed E-state index contributed by atoms with van der Waals surface area (Å²) in [4.78, 5) is 24.3. The van der Waals surface area contributed by atoms with Crippen LogP contribution in [0.3, 0.4) is 0 Å². The van der Waals surface area contributed by atoms with Gasteiger partial charge in [0.1, 0.15) is 18.0 Å². The molecule has 0 saturated carbocycles. The van der Waals surface area contributed by atoms with Crippen molar-refractivity contribution in [1.29, 1.82) is 0 Å². The van der Waals surface area contributed by atoms with E-state index in [0.29, 0.717) is 44.4 Å². The van der Waals surface area contributed by atoms with E-state index >= 15 is 0 Å². The smallest absolute Gasteiger partial charge is 0.409 e. The van der Waals surface area contributed by atoms with Crippen molar-refractivity contribution in [2.45, 2.75) is 6.92 Å². The van der Waals surface area contributed by atoms with Crippen molar-refractivity contribution in [3.63, 3.8) is 0 Å². The van der Waals surface area contributed by atoms with Crippen LogP contribution in [0.5, 0.6) is 11.5 Å². The van der Waals surface area contributed by atoms with Crippen LogP contribution in [-0.2, 0) is 4.74 Å². The molecule has 9 heteroatoms. The van der Waals surface area contributed by atoms with E-state index in [4.69, 9.17) is 14.2 Å². The Morgan fingerprint density at radius 1 is 1.15 bits per heavy atom. The first kappa shape index (κ1) is 17.2. The Kier molecular flexibility index (Phi) is 4.82. The molecule has 0 spiro atoms. The molecule has 0 bridgehead atoms. The van der Waals surface area contributed by atoms with Crippen molar-refractivity contribution in [1.82, 2.24) is 14.9 Å². The Morgan fingerprint density at radius 2 is 1.96 bits per heavy atom. The molecule has 0 atom stereocenters. The average Bonchev–Trinajstić information content (AvgIpc) is 3.16. The maximum Gasteiger partial charge on any atom is 0.409 e. The van der Waals surface area contributed by atoms with Crippen LogP contribution in [0.15, 0.2) is 30.6 Å². The Morgan fingerprint density at radius 3 is 2.78 bits per heavy atom. The zero-order valence-corrected chi connectivity index (χ0v) is 15.1. The molecular formula is C18H21N5O4. The van der Waals surface area contributed by atoms with Crippen molar-refractivity contribution in [2.24, 2.45) is 0 Å². The minimum atomic E-state index is -0.259. The van der Waals surface area contributed by atoms with Crippen molar-refractivity contribution < 1.29 is 19.0 Å². The normalized spacial score (nSPS) is 15.6. The molecule has 1 aromatic heterocycles. The first-order valence-electron chi connectivity index (χ1n) is 8.88. The lowest BCUT2D eigenvalue weighted by Crippen LogP contribution is -2.49. The van der Waals surface area contributed by atoms with Gasteiger partial charge in [-0.3, -0.25) is 0 Å². The average molecular weight is 371 g/mol. The summed E-state index contributed by atoms with van der Waals surface area (Å²) >= 11 is 0. The number of amides is 1. The first-order valence-corrected chi connectivity index (χ1v) is 8.88. The van der Waals surface area contributed by atoms with Crippen LogP contribution >= 0.6 is 0 Å². The van der Waals surface area contributed by atoms with Crippen LogP contribution in [0.25, 0.3) is 0 Å². The van der Waals surface area contributed by atoms with E-state index in [1.807, 2.05) is 31.2 Å². The number of anilines is 3. The summed E-state index contributed by atoms with van der Waals surface area (Å²) in [6, 6.07) is 7.54. The number of hydrogen-bond acceptors (Lipinski definition) is 8. The molecule has 3 heterocycles. The molecule has 2 aliphatic heterocycles. The van der Waals surface area contributed by atoms with Gasteiger partial charge in [-0.15, -0.1) is 0 Å². The second-order valence-electron chi connectivity index (χ2n) is 6.13. The van der Waals surface area contributed by atoms with Crippen molar-refractivity contribution in [3.8, 4) is 11.5 Å². The first-order chi connectivity index (χ1) is 13.2. The molecular weight excluding hydrogens is 350 g/mol. The minimum Gasteiger partial charge on any atom is -0.454 e. The molecule has 1 N–H and O–H groups in total. The highest BCUT2D eigenvalue weighted by Gasteiger charge is 2.23. The van der Waals surface area contributed by atoms with Gasteiger partial charge in [0, 0.05) is 44.0 Å². The van der Waals surface area contributed by atoms with E-state index in [2.05, 4.69) is 20.2 Å². The molecule has 1 saturated heterocycles. The number of hydrogen-bond donors (Lipinski definition) is 1. The number of carbonyl (C=O) groups is 1. The fraction of sp³-hybridized carbons (Fsp3) is 0.389. The Hall–Kier alpha value is -3.23. The van der Waals surface area contributed by atoms with E-state index in [-0.39, 0.29) is 12.9 Å². The third-order valence-electron chi connectivity index (χ3n) is 4.43. The van der Waals surface area contributed by atoms with Gasteiger partial charge in [-0.1, -0.05) is 0 Å². The summed E-state index contributed by atoms with van der Waals surface area (Å²) in [7, 11) is 0. The van der Waals surface area contributed by atoms with Crippen LogP contribution in [0.2, 0.25) is 0 Å². The molecule has 4 rings (SSSR count). The van der Waals surface area contributed by atoms with Gasteiger partial charge < -0.3 is 29.3 Å². The largest absolute Gasteiger partial charge is 0.454 e. The zero-order chi connectivity index (χ0) is 18.6. The van der Waals surface area contributed by atoms with E-state index in [0.717, 1.165) is 17.3 Å². The van der Waals surface area contributed by atoms with Crippen LogP contribution in [0.1, 0.15) is 6.92 Å². The van der Waals surface area contributed by atoms with Gasteiger partial charge in [-0.25, -0.2) is 14.8 Å². The van der Waals surface area contributed by atoms with Crippen LogP contribution in [0, 0.1) is 0 Å². The maximum absolute atomic E-state index is 11.8. The number of fused-ring (bicyclic) bond motifs is 1. The molecule has 1 aromatic carbocycles. The van der Waals surface area contributed by atoms with Crippen LogP contribution < -0.4 is 19.7 Å². The highest BCUT2D eigenvalue weighted by molar-refractivity contribution is 5.68. The maximum atomic E-state index is 11.8. The highest BCUT2D eigenvalue weighted by atomic mass is 16.7. The second-order valence-corrected chi connectivity index (χ2v) is 6.13. The fourth-order valence-electron chi connectivity index (χ4n) is 3.04. The van der Waals surface area contributed by atoms with Gasteiger partial charge in [0.25, 0.3) is 0 Å². The van der Waals surface area contributed by atoms with Crippen molar-refractivity contribution >= 4 is 23.4 Å². The number of carbonyl (C=O) groups excluding carboxylic acids is 1. The van der Waals surface area contributed by atoms with E-state index in [1.165, 1.54) is 6.33 Å². The third-order valence-corrected chi connectivity index (χ3v) is 4.43. The lowest BCUT2D eigenvalue weighted by Gasteiger charge is -2.34. The SMILES string of the molecule is CCOC(=O)N1CCN(c2cc(Nc3ccc4c(c3)OCO4)ncn2)CC1. The topological polar surface area (TPSA) is 89.1 Å². The Balaban J connectivity index is 1.40. The summed E-state index contributed by atoms with van der Waals surface area (Å²) in [5, 5.41) is 3.26. The molecule has 142 valence electrons. The minimum absolute atomic E-state index is 0.244. The molecule has 27 heavy (non-hydrogen) atoms. The molecule has 1 amide bonds. The van der Waals surface area contributed by atoms with E-state index < -0.39 is 0 Å². The van der Waals surface area contributed by atoms with Gasteiger partial charge in [-0.2, -0.15) is 0 Å². The molecule has 0 aliphatic carbocycles. The summed E-state index contributed by atoms with van der Waals surface area (Å²) in [6.07, 6.45) is 1.27. The highest BCUT2D eigenvalue weighted by Crippen LogP contribution is 2.35. The summed E-state index contributed by atoms with van der Waals surface area (Å²) in [5.74, 6) is 2.95. The number of ether oxygens (including phenoxy) is 3. The molecule has 0 unspecified atom stereocenters. The number of piperazine rings is 1. The van der Waals surface area contributed by atoms with E-state index in [9.17, 15) is 4.79 Å². The van der Waals surface area contributed by atoms with Gasteiger partial charge in [0.05, 0.1) is 6.61 Å². The fourth-order valence-corrected chi connectivity index (χ4v) is 3.04. The number of aromatic nitrogens is 2. The summed E-state index contributed by atoms with van der Waals surface area (Å²) in [5.41, 5.74) is 0.857. The second kappa shape index (κ2) is 7.56. The number of nitrogens with zero attached hydrogens (tertiary/aromatic N) is 4. The van der Waals surface area contributed by atoms with Gasteiger partial charge in [0.2, 0.25) is 6.79 Å². The zero-order valence-electron chi connectivity index (χ0n) is 15.1. The quantitative estimate of drug-likeness (QED) is 0.875. The Labute approximate surface area is 156 Å². The molecule has 2 aromatic rings. The molecule has 0 radical (unpaired) electrons. The van der Waals surface area contributed by atoms with Crippen LogP contribution in [-0.4, -0.2) is 60.5 Å².